The van der Waals surface area contributed by atoms with Gasteiger partial charge in [-0.15, -0.1) is 21.5 Å². The Labute approximate surface area is 161 Å². The van der Waals surface area contributed by atoms with Crippen molar-refractivity contribution < 1.29 is 18.0 Å². The van der Waals surface area contributed by atoms with E-state index in [0.29, 0.717) is 10.6 Å². The topological polar surface area (TPSA) is 103 Å². The molecule has 1 aliphatic heterocycles. The van der Waals surface area contributed by atoms with E-state index in [1.54, 1.807) is 4.90 Å². The van der Waals surface area contributed by atoms with E-state index in [0.717, 1.165) is 27.7 Å². The van der Waals surface area contributed by atoms with E-state index < -0.39 is 17.9 Å². The lowest BCUT2D eigenvalue weighted by molar-refractivity contribution is -0.147. The van der Waals surface area contributed by atoms with Crippen molar-refractivity contribution in [3.8, 4) is 0 Å². The summed E-state index contributed by atoms with van der Waals surface area (Å²) < 4.78 is 40.2. The fraction of sp³-hybridized carbons (Fsp3) is 0.438. The summed E-state index contributed by atoms with van der Waals surface area (Å²) in [6.07, 6.45) is -2.75. The summed E-state index contributed by atoms with van der Waals surface area (Å²) >= 11 is 1.46. The minimum Gasteiger partial charge on any atom is -0.363 e. The summed E-state index contributed by atoms with van der Waals surface area (Å²) in [5.74, 6) is -1.22. The molecule has 4 rings (SSSR count). The predicted molar refractivity (Wildman–Crippen MR) is 96.0 cm³/mol. The fourth-order valence-electron chi connectivity index (χ4n) is 3.23. The van der Waals surface area contributed by atoms with Crippen LogP contribution in [0.15, 0.2) is 6.07 Å². The Morgan fingerprint density at radius 2 is 2.07 bits per heavy atom. The van der Waals surface area contributed by atoms with E-state index in [4.69, 9.17) is 5.73 Å². The standard InChI is InChI=1S/C16H16F3N7OS/c1-2-3-8-6-9-13(21-12(11(20)27)22-14(9)28-8)25-4-5-26-10(7-25)23-24-15(26)16(17,18)19/h6H,2-5,7H2,1H3,(H2,20,27). The van der Waals surface area contributed by atoms with Gasteiger partial charge in [-0.05, 0) is 12.5 Å². The Morgan fingerprint density at radius 1 is 1.29 bits per heavy atom. The number of thiophene rings is 1. The number of anilines is 1. The predicted octanol–water partition coefficient (Wildman–Crippen LogP) is 2.37. The first-order valence-electron chi connectivity index (χ1n) is 8.62. The fourth-order valence-corrected chi connectivity index (χ4v) is 4.35. The van der Waals surface area contributed by atoms with Gasteiger partial charge in [0.05, 0.1) is 11.9 Å². The third kappa shape index (κ3) is 3.17. The highest BCUT2D eigenvalue weighted by molar-refractivity contribution is 7.18. The molecule has 0 unspecified atom stereocenters. The Morgan fingerprint density at radius 3 is 2.75 bits per heavy atom. The highest BCUT2D eigenvalue weighted by Gasteiger charge is 2.39. The molecule has 0 aromatic carbocycles. The van der Waals surface area contributed by atoms with Gasteiger partial charge in [0.15, 0.2) is 5.82 Å². The Hall–Kier alpha value is -2.76. The first-order chi connectivity index (χ1) is 13.3. The van der Waals surface area contributed by atoms with Gasteiger partial charge in [0.1, 0.15) is 10.6 Å². The molecule has 0 atom stereocenters. The number of alkyl halides is 3. The summed E-state index contributed by atoms with van der Waals surface area (Å²) in [4.78, 5) is 23.7. The Bertz CT molecular complexity index is 1060. The number of amides is 1. The summed E-state index contributed by atoms with van der Waals surface area (Å²) in [5.41, 5.74) is 5.37. The van der Waals surface area contributed by atoms with Crippen LogP contribution < -0.4 is 10.6 Å². The molecule has 28 heavy (non-hydrogen) atoms. The van der Waals surface area contributed by atoms with Crippen LogP contribution in [0.5, 0.6) is 0 Å². The number of carbonyl (C=O) groups is 1. The maximum atomic E-state index is 13.0. The van der Waals surface area contributed by atoms with Gasteiger partial charge in [0.25, 0.3) is 5.91 Å². The number of halogens is 3. The van der Waals surface area contributed by atoms with Gasteiger partial charge in [0.2, 0.25) is 11.6 Å². The molecule has 12 heteroatoms. The largest absolute Gasteiger partial charge is 0.451 e. The maximum Gasteiger partial charge on any atom is 0.451 e. The van der Waals surface area contributed by atoms with E-state index >= 15 is 0 Å². The zero-order valence-corrected chi connectivity index (χ0v) is 15.6. The lowest BCUT2D eigenvalue weighted by atomic mass is 10.2. The maximum absolute atomic E-state index is 13.0. The van der Waals surface area contributed by atoms with Crippen LogP contribution in [0.4, 0.5) is 19.0 Å². The summed E-state index contributed by atoms with van der Waals surface area (Å²) in [6.45, 7) is 2.46. The van der Waals surface area contributed by atoms with Crippen LogP contribution in [0.2, 0.25) is 0 Å². The molecule has 8 nitrogen and oxygen atoms in total. The molecule has 1 amide bonds. The molecule has 4 heterocycles. The van der Waals surface area contributed by atoms with Crippen molar-refractivity contribution in [2.45, 2.75) is 39.0 Å². The van der Waals surface area contributed by atoms with Crippen molar-refractivity contribution in [1.29, 1.82) is 0 Å². The van der Waals surface area contributed by atoms with Gasteiger partial charge >= 0.3 is 6.18 Å². The average molecular weight is 411 g/mol. The van der Waals surface area contributed by atoms with Gasteiger partial charge in [-0.2, -0.15) is 13.2 Å². The van der Waals surface area contributed by atoms with E-state index in [9.17, 15) is 18.0 Å². The summed E-state index contributed by atoms with van der Waals surface area (Å²) in [7, 11) is 0. The Balaban J connectivity index is 1.76. The van der Waals surface area contributed by atoms with Gasteiger partial charge < -0.3 is 15.2 Å². The molecule has 3 aromatic rings. The minimum atomic E-state index is -4.56. The molecule has 0 saturated carbocycles. The van der Waals surface area contributed by atoms with Crippen molar-refractivity contribution in [2.24, 2.45) is 5.73 Å². The second-order valence-electron chi connectivity index (χ2n) is 6.43. The first kappa shape index (κ1) is 18.6. The van der Waals surface area contributed by atoms with Crippen molar-refractivity contribution in [3.63, 3.8) is 0 Å². The number of fused-ring (bicyclic) bond motifs is 2. The highest BCUT2D eigenvalue weighted by atomic mass is 32.1. The zero-order chi connectivity index (χ0) is 20.1. The number of nitrogens with two attached hydrogens (primary N) is 1. The molecule has 1 aliphatic rings. The smallest absolute Gasteiger partial charge is 0.363 e. The molecule has 0 saturated heterocycles. The monoisotopic (exact) mass is 411 g/mol. The Kier molecular flexibility index (Phi) is 4.44. The third-order valence-electron chi connectivity index (χ3n) is 4.45. The van der Waals surface area contributed by atoms with Gasteiger partial charge in [-0.3, -0.25) is 4.79 Å². The molecule has 0 bridgehead atoms. The molecule has 3 aromatic heterocycles. The molecule has 0 radical (unpaired) electrons. The summed E-state index contributed by atoms with van der Waals surface area (Å²) in [6, 6.07) is 1.96. The second kappa shape index (κ2) is 6.69. The van der Waals surface area contributed by atoms with Gasteiger partial charge in [-0.1, -0.05) is 13.3 Å². The third-order valence-corrected chi connectivity index (χ3v) is 5.54. The van der Waals surface area contributed by atoms with Crippen LogP contribution in [-0.4, -0.2) is 37.2 Å². The van der Waals surface area contributed by atoms with Crippen LogP contribution in [0.1, 0.15) is 40.5 Å². The number of rotatable bonds is 4. The molecule has 148 valence electrons. The molecule has 0 spiro atoms. The molecule has 2 N–H and O–H groups in total. The van der Waals surface area contributed by atoms with Crippen molar-refractivity contribution >= 4 is 33.3 Å². The number of aromatic nitrogens is 5. The summed E-state index contributed by atoms with van der Waals surface area (Å²) in [5, 5.41) is 7.73. The molecular formula is C16H16F3N7OS. The van der Waals surface area contributed by atoms with Crippen molar-refractivity contribution in [3.05, 3.63) is 28.4 Å². The van der Waals surface area contributed by atoms with Crippen LogP contribution in [-0.2, 0) is 25.7 Å². The van der Waals surface area contributed by atoms with Gasteiger partial charge in [-0.25, -0.2) is 9.97 Å². The van der Waals surface area contributed by atoms with Crippen LogP contribution in [0.3, 0.4) is 0 Å². The SMILES string of the molecule is CCCc1cc2c(N3CCn4c(nnc4C(F)(F)F)C3)nc(C(N)=O)nc2s1. The van der Waals surface area contributed by atoms with E-state index in [1.165, 1.54) is 11.3 Å². The van der Waals surface area contributed by atoms with E-state index in [2.05, 4.69) is 27.1 Å². The van der Waals surface area contributed by atoms with Crippen LogP contribution in [0, 0.1) is 0 Å². The zero-order valence-electron chi connectivity index (χ0n) is 14.8. The van der Waals surface area contributed by atoms with E-state index in [-0.39, 0.29) is 31.3 Å². The first-order valence-corrected chi connectivity index (χ1v) is 9.44. The van der Waals surface area contributed by atoms with Gasteiger partial charge in [0, 0.05) is 18.0 Å². The minimum absolute atomic E-state index is 0.0561. The van der Waals surface area contributed by atoms with Crippen molar-refractivity contribution in [1.82, 2.24) is 24.7 Å². The number of carbonyl (C=O) groups excluding carboxylic acids is 1. The van der Waals surface area contributed by atoms with E-state index in [1.807, 2.05) is 6.07 Å². The lowest BCUT2D eigenvalue weighted by Crippen LogP contribution is -2.36. The number of primary amides is 1. The number of hydrogen-bond acceptors (Lipinski definition) is 7. The normalized spacial score (nSPS) is 14.5. The van der Waals surface area contributed by atoms with Crippen molar-refractivity contribution in [2.75, 3.05) is 11.4 Å². The molecule has 0 fully saturated rings. The quantitative estimate of drug-likeness (QED) is 0.707. The second-order valence-corrected chi connectivity index (χ2v) is 7.54. The molecular weight excluding hydrogens is 395 g/mol. The highest BCUT2D eigenvalue weighted by Crippen LogP contribution is 2.34. The number of hydrogen-bond donors (Lipinski definition) is 1. The van der Waals surface area contributed by atoms with Crippen LogP contribution in [0.25, 0.3) is 10.2 Å². The molecule has 0 aliphatic carbocycles. The van der Waals surface area contributed by atoms with Crippen LogP contribution >= 0.6 is 11.3 Å². The lowest BCUT2D eigenvalue weighted by Gasteiger charge is -2.29. The number of nitrogens with zero attached hydrogens (tertiary/aromatic N) is 6. The number of aryl methyl sites for hydroxylation is 1. The average Bonchev–Trinajstić information content (AvgIpc) is 3.23.